The molecule has 0 aliphatic heterocycles. The van der Waals surface area contributed by atoms with Crippen molar-refractivity contribution in [3.05, 3.63) is 194 Å². The summed E-state index contributed by atoms with van der Waals surface area (Å²) in [5, 5.41) is 5.59. The van der Waals surface area contributed by atoms with Crippen LogP contribution in [0.1, 0.15) is 0 Å². The number of fused-ring (bicyclic) bond motifs is 9. The molecule has 0 amide bonds. The van der Waals surface area contributed by atoms with E-state index in [1.807, 2.05) is 30.6 Å². The van der Waals surface area contributed by atoms with Gasteiger partial charge in [0.1, 0.15) is 23.0 Å². The molecular weight excluding hydrogens is 673 g/mol. The lowest BCUT2D eigenvalue weighted by molar-refractivity contribution is 0.484. The normalized spacial score (nSPS) is 11.6. The van der Waals surface area contributed by atoms with Gasteiger partial charge < -0.3 is 4.74 Å². The second kappa shape index (κ2) is 12.6. The van der Waals surface area contributed by atoms with Gasteiger partial charge in [-0.25, -0.2) is 9.97 Å². The van der Waals surface area contributed by atoms with Crippen LogP contribution in [0.2, 0.25) is 0 Å². The van der Waals surface area contributed by atoms with E-state index in [2.05, 4.69) is 173 Å². The third kappa shape index (κ3) is 5.09. The highest BCUT2D eigenvalue weighted by molar-refractivity contribution is 6.17. The van der Waals surface area contributed by atoms with Crippen molar-refractivity contribution in [2.75, 3.05) is 0 Å². The molecule has 11 rings (SSSR count). The topological polar surface area (TPSA) is 44.3 Å². The molecular formula is C50H32N4O. The molecule has 7 aromatic carbocycles. The quantitative estimate of drug-likeness (QED) is 0.162. The number of aromatic nitrogens is 4. The molecule has 0 N–H and O–H groups in total. The fourth-order valence-electron chi connectivity index (χ4n) is 8.19. The molecule has 55 heavy (non-hydrogen) atoms. The lowest BCUT2D eigenvalue weighted by Crippen LogP contribution is -1.98. The van der Waals surface area contributed by atoms with E-state index in [1.54, 1.807) is 0 Å². The number of imidazole rings is 1. The highest BCUT2D eigenvalue weighted by Crippen LogP contribution is 2.42. The van der Waals surface area contributed by atoms with Crippen molar-refractivity contribution in [1.29, 1.82) is 0 Å². The first-order valence-electron chi connectivity index (χ1n) is 18.5. The van der Waals surface area contributed by atoms with Gasteiger partial charge in [0.15, 0.2) is 0 Å². The Bertz CT molecular complexity index is 3210. The number of hydrogen-bond donors (Lipinski definition) is 0. The average molecular weight is 705 g/mol. The average Bonchev–Trinajstić information content (AvgIpc) is 3.85. The number of benzene rings is 7. The third-order valence-corrected chi connectivity index (χ3v) is 10.6. The summed E-state index contributed by atoms with van der Waals surface area (Å²) in [6.07, 6.45) is 3.83. The van der Waals surface area contributed by atoms with E-state index in [-0.39, 0.29) is 0 Å². The first-order valence-corrected chi connectivity index (χ1v) is 18.5. The van der Waals surface area contributed by atoms with Gasteiger partial charge in [0.2, 0.25) is 0 Å². The zero-order valence-electron chi connectivity index (χ0n) is 29.7. The molecule has 0 atom stereocenters. The second-order valence-electron chi connectivity index (χ2n) is 13.8. The van der Waals surface area contributed by atoms with Crippen LogP contribution < -0.4 is 4.74 Å². The second-order valence-corrected chi connectivity index (χ2v) is 13.8. The van der Waals surface area contributed by atoms with Crippen molar-refractivity contribution in [2.45, 2.75) is 0 Å². The number of hydrogen-bond acceptors (Lipinski definition) is 3. The highest BCUT2D eigenvalue weighted by Gasteiger charge is 2.20. The number of ether oxygens (including phenoxy) is 1. The Morgan fingerprint density at radius 3 is 1.84 bits per heavy atom. The molecule has 4 heterocycles. The van der Waals surface area contributed by atoms with Crippen LogP contribution in [0.25, 0.3) is 88.5 Å². The fraction of sp³-hybridized carbons (Fsp3) is 0. The summed E-state index contributed by atoms with van der Waals surface area (Å²) in [5.41, 5.74) is 10.9. The van der Waals surface area contributed by atoms with E-state index in [4.69, 9.17) is 14.7 Å². The summed E-state index contributed by atoms with van der Waals surface area (Å²) in [4.78, 5) is 9.86. The van der Waals surface area contributed by atoms with Crippen LogP contribution in [0.5, 0.6) is 11.5 Å². The van der Waals surface area contributed by atoms with Crippen molar-refractivity contribution < 1.29 is 4.74 Å². The van der Waals surface area contributed by atoms with E-state index in [9.17, 15) is 0 Å². The predicted molar refractivity (Wildman–Crippen MR) is 225 cm³/mol. The summed E-state index contributed by atoms with van der Waals surface area (Å²) in [7, 11) is 0. The minimum atomic E-state index is 0.736. The van der Waals surface area contributed by atoms with Crippen LogP contribution in [-0.2, 0) is 0 Å². The Hall–Kier alpha value is -7.50. The third-order valence-electron chi connectivity index (χ3n) is 10.6. The zero-order chi connectivity index (χ0) is 36.3. The summed E-state index contributed by atoms with van der Waals surface area (Å²) in [6, 6.07) is 63.7. The van der Waals surface area contributed by atoms with Crippen LogP contribution in [0, 0.1) is 0 Å². The standard InChI is InChI=1S/C50H32N4O/c1-4-14-33(15-5-1)36-28-42(34-16-6-2-7-17-34)49-43(29-36)39-25-23-37(30-44(39)50-52-32-47(54(49)50)35-18-8-3-9-19-35)55-38-24-26-41-40-20-10-11-21-45(40)53(46(41)31-38)48-22-12-13-27-51-48/h1-32H. The van der Waals surface area contributed by atoms with Crippen LogP contribution in [0.15, 0.2) is 194 Å². The SMILES string of the molecule is c1ccc(-c2cc(-c3ccccc3)c3c(c2)c2ccc(Oc4ccc5c6ccccc6n(-c6ccccn6)c5c4)cc2c2ncc(-c4ccccc4)n23)cc1. The molecule has 258 valence electrons. The van der Waals surface area contributed by atoms with Crippen LogP contribution in [0.3, 0.4) is 0 Å². The van der Waals surface area contributed by atoms with Gasteiger partial charge >= 0.3 is 0 Å². The summed E-state index contributed by atoms with van der Waals surface area (Å²) in [5.74, 6) is 2.35. The van der Waals surface area contributed by atoms with E-state index in [0.29, 0.717) is 0 Å². The van der Waals surface area contributed by atoms with Crippen molar-refractivity contribution in [2.24, 2.45) is 0 Å². The highest BCUT2D eigenvalue weighted by atomic mass is 16.5. The van der Waals surface area contributed by atoms with Gasteiger partial charge in [0.25, 0.3) is 0 Å². The molecule has 0 spiro atoms. The minimum Gasteiger partial charge on any atom is -0.457 e. The summed E-state index contributed by atoms with van der Waals surface area (Å²) < 4.78 is 11.3. The van der Waals surface area contributed by atoms with Crippen molar-refractivity contribution >= 4 is 49.1 Å². The van der Waals surface area contributed by atoms with Crippen molar-refractivity contribution in [3.63, 3.8) is 0 Å². The van der Waals surface area contributed by atoms with Gasteiger partial charge in [-0.05, 0) is 82.7 Å². The monoisotopic (exact) mass is 704 g/mol. The molecule has 5 heteroatoms. The molecule has 11 aromatic rings. The van der Waals surface area contributed by atoms with Gasteiger partial charge in [0.05, 0.1) is 28.4 Å². The van der Waals surface area contributed by atoms with Gasteiger partial charge in [0, 0.05) is 44.9 Å². The lowest BCUT2D eigenvalue weighted by atomic mass is 9.93. The van der Waals surface area contributed by atoms with Crippen LogP contribution in [0.4, 0.5) is 0 Å². The number of rotatable bonds is 6. The predicted octanol–water partition coefficient (Wildman–Crippen LogP) is 12.9. The molecule has 0 unspecified atom stereocenters. The molecule has 4 aromatic heterocycles. The molecule has 0 saturated heterocycles. The van der Waals surface area contributed by atoms with Gasteiger partial charge in [-0.3, -0.25) is 8.97 Å². The zero-order valence-corrected chi connectivity index (χ0v) is 29.7. The molecule has 5 nitrogen and oxygen atoms in total. The summed E-state index contributed by atoms with van der Waals surface area (Å²) >= 11 is 0. The molecule has 0 fully saturated rings. The van der Waals surface area contributed by atoms with Crippen molar-refractivity contribution in [1.82, 2.24) is 18.9 Å². The number of nitrogens with zero attached hydrogens (tertiary/aromatic N) is 4. The summed E-state index contributed by atoms with van der Waals surface area (Å²) in [6.45, 7) is 0. The molecule has 0 radical (unpaired) electrons. The van der Waals surface area contributed by atoms with Crippen LogP contribution >= 0.6 is 0 Å². The van der Waals surface area contributed by atoms with E-state index < -0.39 is 0 Å². The Balaban J connectivity index is 1.15. The largest absolute Gasteiger partial charge is 0.457 e. The lowest BCUT2D eigenvalue weighted by Gasteiger charge is -2.18. The van der Waals surface area contributed by atoms with E-state index in [0.717, 1.165) is 89.0 Å². The fourth-order valence-corrected chi connectivity index (χ4v) is 8.19. The Kier molecular flexibility index (Phi) is 7.10. The molecule has 0 saturated carbocycles. The molecule has 0 aliphatic carbocycles. The molecule has 0 bridgehead atoms. The molecule has 0 aliphatic rings. The maximum atomic E-state index is 6.75. The van der Waals surface area contributed by atoms with E-state index >= 15 is 0 Å². The van der Waals surface area contributed by atoms with Crippen LogP contribution in [-0.4, -0.2) is 18.9 Å². The maximum absolute atomic E-state index is 6.75. The maximum Gasteiger partial charge on any atom is 0.145 e. The number of para-hydroxylation sites is 1. The van der Waals surface area contributed by atoms with Gasteiger partial charge in [-0.1, -0.05) is 115 Å². The first-order chi connectivity index (χ1) is 27.3. The smallest absolute Gasteiger partial charge is 0.145 e. The first kappa shape index (κ1) is 31.1. The minimum absolute atomic E-state index is 0.736. The van der Waals surface area contributed by atoms with Gasteiger partial charge in [-0.15, -0.1) is 0 Å². The Morgan fingerprint density at radius 1 is 0.418 bits per heavy atom. The Morgan fingerprint density at radius 2 is 1.07 bits per heavy atom. The van der Waals surface area contributed by atoms with Crippen molar-refractivity contribution in [3.8, 4) is 50.8 Å². The number of pyridine rings is 2. The Labute approximate surface area is 317 Å². The van der Waals surface area contributed by atoms with Gasteiger partial charge in [-0.2, -0.15) is 0 Å². The van der Waals surface area contributed by atoms with E-state index in [1.165, 1.54) is 10.9 Å².